The molecule has 1 saturated heterocycles. The second-order valence-electron chi connectivity index (χ2n) is 4.46. The fourth-order valence-corrected chi connectivity index (χ4v) is 2.39. The lowest BCUT2D eigenvalue weighted by Crippen LogP contribution is -2.43. The van der Waals surface area contributed by atoms with Gasteiger partial charge in [0.25, 0.3) is 0 Å². The van der Waals surface area contributed by atoms with E-state index in [0.29, 0.717) is 13.0 Å². The maximum Gasteiger partial charge on any atom is 0.249 e. The van der Waals surface area contributed by atoms with Crippen molar-refractivity contribution < 1.29 is 9.59 Å². The summed E-state index contributed by atoms with van der Waals surface area (Å²) in [6.45, 7) is 4.10. The van der Waals surface area contributed by atoms with Gasteiger partial charge in [0.2, 0.25) is 11.8 Å². The second kappa shape index (κ2) is 5.10. The molecule has 0 aliphatic carbocycles. The number of aryl methyl sites for hydroxylation is 1. The maximum absolute atomic E-state index is 12.3. The summed E-state index contributed by atoms with van der Waals surface area (Å²) in [5, 5.41) is 2.68. The zero-order chi connectivity index (χ0) is 13.3. The minimum absolute atomic E-state index is 0.0675. The molecule has 0 saturated carbocycles. The molecule has 1 aliphatic rings. The molecule has 18 heavy (non-hydrogen) atoms. The predicted octanol–water partition coefficient (Wildman–Crippen LogP) is 2.00. The van der Waals surface area contributed by atoms with Crippen LogP contribution in [0.5, 0.6) is 0 Å². The second-order valence-corrected chi connectivity index (χ2v) is 5.38. The standard InChI is InChI=1S/C13H15BrN2O2/c1-8-3-4-10(14)7-11(8)16-6-5-12(17)15-9(2)13(16)18/h3-4,7,9H,5-6H2,1-2H3,(H,15,17). The molecule has 1 aromatic rings. The molecule has 2 rings (SSSR count). The summed E-state index contributed by atoms with van der Waals surface area (Å²) in [6.07, 6.45) is 0.335. The molecule has 0 bridgehead atoms. The van der Waals surface area contributed by atoms with Crippen LogP contribution in [0.4, 0.5) is 5.69 Å². The number of anilines is 1. The van der Waals surface area contributed by atoms with Crippen LogP contribution in [0.3, 0.4) is 0 Å². The van der Waals surface area contributed by atoms with Crippen LogP contribution in [0.1, 0.15) is 18.9 Å². The highest BCUT2D eigenvalue weighted by molar-refractivity contribution is 9.10. The molecule has 4 nitrogen and oxygen atoms in total. The molecule has 0 aromatic heterocycles. The van der Waals surface area contributed by atoms with Crippen LogP contribution in [0.25, 0.3) is 0 Å². The van der Waals surface area contributed by atoms with Crippen LogP contribution >= 0.6 is 15.9 Å². The van der Waals surface area contributed by atoms with Gasteiger partial charge in [0.15, 0.2) is 0 Å². The highest BCUT2D eigenvalue weighted by Crippen LogP contribution is 2.26. The van der Waals surface area contributed by atoms with E-state index in [1.54, 1.807) is 11.8 Å². The molecule has 1 aromatic carbocycles. The average Bonchev–Trinajstić information content (AvgIpc) is 2.44. The van der Waals surface area contributed by atoms with Gasteiger partial charge in [0, 0.05) is 23.1 Å². The van der Waals surface area contributed by atoms with Crippen molar-refractivity contribution in [2.24, 2.45) is 0 Å². The van der Waals surface area contributed by atoms with E-state index in [2.05, 4.69) is 21.2 Å². The molecular weight excluding hydrogens is 296 g/mol. The molecule has 0 spiro atoms. The van der Waals surface area contributed by atoms with Crippen LogP contribution in [0.2, 0.25) is 0 Å². The van der Waals surface area contributed by atoms with Crippen LogP contribution in [0.15, 0.2) is 22.7 Å². The van der Waals surface area contributed by atoms with Crippen molar-refractivity contribution in [1.82, 2.24) is 5.32 Å². The van der Waals surface area contributed by atoms with E-state index >= 15 is 0 Å². The zero-order valence-corrected chi connectivity index (χ0v) is 12.0. The summed E-state index contributed by atoms with van der Waals surface area (Å²) in [6, 6.07) is 5.33. The number of amides is 2. The minimum atomic E-state index is -0.474. The molecule has 2 amide bonds. The first-order chi connectivity index (χ1) is 8.49. The molecule has 0 radical (unpaired) electrons. The fourth-order valence-electron chi connectivity index (χ4n) is 2.05. The van der Waals surface area contributed by atoms with Crippen LogP contribution in [0, 0.1) is 6.92 Å². The van der Waals surface area contributed by atoms with E-state index in [0.717, 1.165) is 15.7 Å². The first-order valence-electron chi connectivity index (χ1n) is 5.86. The fraction of sp³-hybridized carbons (Fsp3) is 0.385. The van der Waals surface area contributed by atoms with Gasteiger partial charge in [-0.05, 0) is 31.5 Å². The summed E-state index contributed by atoms with van der Waals surface area (Å²) in [4.78, 5) is 25.4. The first-order valence-corrected chi connectivity index (χ1v) is 6.65. The number of nitrogens with one attached hydrogen (secondary N) is 1. The largest absolute Gasteiger partial charge is 0.345 e. The Bertz CT molecular complexity index is 502. The normalized spacial score (nSPS) is 20.6. The van der Waals surface area contributed by atoms with Crippen molar-refractivity contribution >= 4 is 33.4 Å². The summed E-state index contributed by atoms with van der Waals surface area (Å²) in [5.74, 6) is -0.145. The Labute approximate surface area is 114 Å². The van der Waals surface area contributed by atoms with Crippen LogP contribution in [-0.4, -0.2) is 24.4 Å². The number of hydrogen-bond donors (Lipinski definition) is 1. The Hall–Kier alpha value is -1.36. The monoisotopic (exact) mass is 310 g/mol. The lowest BCUT2D eigenvalue weighted by Gasteiger charge is -2.24. The van der Waals surface area contributed by atoms with Gasteiger partial charge in [0.1, 0.15) is 6.04 Å². The van der Waals surface area contributed by atoms with Gasteiger partial charge in [-0.25, -0.2) is 0 Å². The van der Waals surface area contributed by atoms with E-state index in [1.165, 1.54) is 0 Å². The van der Waals surface area contributed by atoms with Crippen LogP contribution in [-0.2, 0) is 9.59 Å². The number of carbonyl (C=O) groups excluding carboxylic acids is 2. The van der Waals surface area contributed by atoms with E-state index in [4.69, 9.17) is 0 Å². The number of carbonyl (C=O) groups is 2. The van der Waals surface area contributed by atoms with Crippen molar-refractivity contribution in [2.45, 2.75) is 26.3 Å². The minimum Gasteiger partial charge on any atom is -0.345 e. The van der Waals surface area contributed by atoms with Gasteiger partial charge in [-0.2, -0.15) is 0 Å². The highest BCUT2D eigenvalue weighted by atomic mass is 79.9. The summed E-state index contributed by atoms with van der Waals surface area (Å²) >= 11 is 3.41. The molecule has 5 heteroatoms. The van der Waals surface area contributed by atoms with E-state index in [-0.39, 0.29) is 11.8 Å². The molecule has 1 fully saturated rings. The van der Waals surface area contributed by atoms with E-state index in [9.17, 15) is 9.59 Å². The quantitative estimate of drug-likeness (QED) is 0.862. The lowest BCUT2D eigenvalue weighted by atomic mass is 10.1. The molecule has 96 valence electrons. The smallest absolute Gasteiger partial charge is 0.249 e. The Balaban J connectivity index is 2.38. The molecule has 1 unspecified atom stereocenters. The first kappa shape index (κ1) is 13.1. The molecule has 1 heterocycles. The number of halogens is 1. The van der Waals surface area contributed by atoms with Gasteiger partial charge >= 0.3 is 0 Å². The average molecular weight is 311 g/mol. The van der Waals surface area contributed by atoms with Gasteiger partial charge in [-0.15, -0.1) is 0 Å². The topological polar surface area (TPSA) is 49.4 Å². The van der Waals surface area contributed by atoms with Crippen molar-refractivity contribution in [3.63, 3.8) is 0 Å². The van der Waals surface area contributed by atoms with Crippen molar-refractivity contribution in [3.05, 3.63) is 28.2 Å². The zero-order valence-electron chi connectivity index (χ0n) is 10.4. The third-order valence-corrected chi connectivity index (χ3v) is 3.53. The molecular formula is C13H15BrN2O2. The van der Waals surface area contributed by atoms with E-state index < -0.39 is 6.04 Å². The van der Waals surface area contributed by atoms with Gasteiger partial charge in [-0.1, -0.05) is 22.0 Å². The SMILES string of the molecule is Cc1ccc(Br)cc1N1CCC(=O)NC(C)C1=O. The van der Waals surface area contributed by atoms with E-state index in [1.807, 2.05) is 25.1 Å². The van der Waals surface area contributed by atoms with Gasteiger partial charge in [-0.3, -0.25) is 9.59 Å². The number of nitrogens with zero attached hydrogens (tertiary/aromatic N) is 1. The maximum atomic E-state index is 12.3. The Morgan fingerprint density at radius 1 is 1.39 bits per heavy atom. The summed E-state index contributed by atoms with van der Waals surface area (Å²) < 4.78 is 0.923. The third kappa shape index (κ3) is 2.56. The van der Waals surface area contributed by atoms with Gasteiger partial charge in [0.05, 0.1) is 0 Å². The van der Waals surface area contributed by atoms with Crippen molar-refractivity contribution in [1.29, 1.82) is 0 Å². The number of rotatable bonds is 1. The lowest BCUT2D eigenvalue weighted by molar-refractivity contribution is -0.125. The number of benzene rings is 1. The molecule has 1 atom stereocenters. The summed E-state index contributed by atoms with van der Waals surface area (Å²) in [5.41, 5.74) is 1.88. The van der Waals surface area contributed by atoms with Crippen LogP contribution < -0.4 is 10.2 Å². The molecule has 1 aliphatic heterocycles. The summed E-state index contributed by atoms with van der Waals surface area (Å²) in [7, 11) is 0. The third-order valence-electron chi connectivity index (χ3n) is 3.04. The number of hydrogen-bond acceptors (Lipinski definition) is 2. The molecule has 1 N–H and O–H groups in total. The Morgan fingerprint density at radius 3 is 2.83 bits per heavy atom. The Kier molecular flexibility index (Phi) is 3.71. The highest BCUT2D eigenvalue weighted by Gasteiger charge is 2.28. The van der Waals surface area contributed by atoms with Gasteiger partial charge < -0.3 is 10.2 Å². The van der Waals surface area contributed by atoms with Crippen molar-refractivity contribution in [3.8, 4) is 0 Å². The Morgan fingerprint density at radius 2 is 2.11 bits per heavy atom. The van der Waals surface area contributed by atoms with Crippen molar-refractivity contribution in [2.75, 3.05) is 11.4 Å². The predicted molar refractivity (Wildman–Crippen MR) is 73.5 cm³/mol.